The van der Waals surface area contributed by atoms with Gasteiger partial charge in [0.1, 0.15) is 24.2 Å². The molecule has 0 fully saturated rings. The van der Waals surface area contributed by atoms with Gasteiger partial charge in [-0.15, -0.1) is 0 Å². The summed E-state index contributed by atoms with van der Waals surface area (Å²) in [6.45, 7) is 3.41. The summed E-state index contributed by atoms with van der Waals surface area (Å²) in [6.07, 6.45) is 2.08. The van der Waals surface area contributed by atoms with Crippen molar-refractivity contribution in [3.8, 4) is 0 Å². The van der Waals surface area contributed by atoms with Crippen LogP contribution in [0, 0.1) is 5.92 Å². The van der Waals surface area contributed by atoms with Gasteiger partial charge in [-0.05, 0) is 37.2 Å². The van der Waals surface area contributed by atoms with Crippen molar-refractivity contribution in [3.63, 3.8) is 0 Å². The van der Waals surface area contributed by atoms with Crippen molar-refractivity contribution in [3.05, 3.63) is 54.1 Å². The molecule has 2 aromatic rings. The zero-order chi connectivity index (χ0) is 36.5. The zero-order valence-corrected chi connectivity index (χ0v) is 27.4. The molecular formula is C31H46N10O8. The predicted octanol–water partition coefficient (Wildman–Crippen LogP) is -1.88. The number of aromatic amines is 1. The molecule has 0 radical (unpaired) electrons. The normalized spacial score (nSPS) is 14.0. The molecule has 1 aromatic carbocycles. The number of guanidine groups is 1. The number of aromatic nitrogens is 2. The third-order valence-electron chi connectivity index (χ3n) is 7.33. The van der Waals surface area contributed by atoms with Gasteiger partial charge in [-0.3, -0.25) is 29.0 Å². The van der Waals surface area contributed by atoms with E-state index in [0.29, 0.717) is 5.69 Å². The molecule has 1 heterocycles. The number of carboxylic acids is 2. The maximum Gasteiger partial charge on any atom is 0.326 e. The van der Waals surface area contributed by atoms with Gasteiger partial charge >= 0.3 is 11.9 Å². The van der Waals surface area contributed by atoms with E-state index >= 15 is 0 Å². The van der Waals surface area contributed by atoms with E-state index in [1.54, 1.807) is 38.1 Å². The first-order valence-electron chi connectivity index (χ1n) is 15.7. The summed E-state index contributed by atoms with van der Waals surface area (Å²) in [5, 5.41) is 29.0. The number of nitrogens with one attached hydrogen (secondary N) is 5. The fraction of sp³-hybridized carbons (Fsp3) is 0.484. The summed E-state index contributed by atoms with van der Waals surface area (Å²) in [6, 6.07) is 2.74. The second-order valence-electron chi connectivity index (χ2n) is 11.7. The van der Waals surface area contributed by atoms with Crippen LogP contribution in [0.25, 0.3) is 0 Å². The van der Waals surface area contributed by atoms with E-state index < -0.39 is 78.1 Å². The number of H-pyrrole nitrogens is 1. The molecule has 0 aliphatic heterocycles. The summed E-state index contributed by atoms with van der Waals surface area (Å²) in [7, 11) is 0. The van der Waals surface area contributed by atoms with Gasteiger partial charge in [0.15, 0.2) is 5.96 Å². The lowest BCUT2D eigenvalue weighted by Crippen LogP contribution is -2.59. The number of carbonyl (C=O) groups is 6. The summed E-state index contributed by atoms with van der Waals surface area (Å²) < 4.78 is 0. The first-order chi connectivity index (χ1) is 23.2. The molecule has 0 saturated heterocycles. The highest BCUT2D eigenvalue weighted by Crippen LogP contribution is 2.09. The second kappa shape index (κ2) is 20.0. The van der Waals surface area contributed by atoms with Crippen LogP contribution in [-0.4, -0.2) is 98.5 Å². The van der Waals surface area contributed by atoms with Gasteiger partial charge in [0.2, 0.25) is 23.6 Å². The molecule has 268 valence electrons. The van der Waals surface area contributed by atoms with Crippen LogP contribution in [-0.2, 0) is 41.6 Å². The molecule has 1 aromatic heterocycles. The van der Waals surface area contributed by atoms with Crippen molar-refractivity contribution in [1.82, 2.24) is 31.2 Å². The molecular weight excluding hydrogens is 640 g/mol. The standard InChI is InChI=1S/C31H46N10O8/c1-17(2)25(41-26(44)20(32)13-18-7-4-3-5-8-18)29(47)39-22(10-11-24(42)43)28(46)38-21(9-6-12-36-31(33)34)27(45)40-23(30(48)49)14-19-15-35-16-37-19/h3-5,7-8,15-17,20-23,25H,6,9-14,32H2,1-2H3,(H,35,37)(H,38,46)(H,39,47)(H,40,45)(H,41,44)(H,42,43)(H,48,49)(H4,33,34,36)/t20-,21-,22-,23-,25-/m0/s1. The van der Waals surface area contributed by atoms with E-state index in [1.165, 1.54) is 12.5 Å². The van der Waals surface area contributed by atoms with Gasteiger partial charge in [-0.25, -0.2) is 9.78 Å². The van der Waals surface area contributed by atoms with Crippen LogP contribution in [0.3, 0.4) is 0 Å². The molecule has 0 spiro atoms. The summed E-state index contributed by atoms with van der Waals surface area (Å²) in [5.41, 5.74) is 18.1. The highest BCUT2D eigenvalue weighted by Gasteiger charge is 2.33. The molecule has 0 aliphatic carbocycles. The van der Waals surface area contributed by atoms with Crippen molar-refractivity contribution in [2.24, 2.45) is 28.1 Å². The Morgan fingerprint density at radius 2 is 1.45 bits per heavy atom. The smallest absolute Gasteiger partial charge is 0.326 e. The average Bonchev–Trinajstić information content (AvgIpc) is 3.55. The zero-order valence-electron chi connectivity index (χ0n) is 27.4. The number of hydrogen-bond acceptors (Lipinski definition) is 9. The Morgan fingerprint density at radius 1 is 0.837 bits per heavy atom. The van der Waals surface area contributed by atoms with Crippen LogP contribution in [0.15, 0.2) is 47.8 Å². The minimum Gasteiger partial charge on any atom is -0.481 e. The third-order valence-corrected chi connectivity index (χ3v) is 7.33. The van der Waals surface area contributed by atoms with Crippen LogP contribution >= 0.6 is 0 Å². The number of aliphatic imine (C=N–C) groups is 1. The lowest BCUT2D eigenvalue weighted by Gasteiger charge is -2.27. The van der Waals surface area contributed by atoms with Gasteiger partial charge in [0, 0.05) is 31.3 Å². The molecule has 0 unspecified atom stereocenters. The number of benzene rings is 1. The lowest BCUT2D eigenvalue weighted by atomic mass is 10.00. The second-order valence-corrected chi connectivity index (χ2v) is 11.7. The minimum absolute atomic E-state index is 0.0473. The first kappa shape index (κ1) is 39.7. The molecule has 0 saturated carbocycles. The van der Waals surface area contributed by atoms with Crippen molar-refractivity contribution in [2.75, 3.05) is 6.54 Å². The van der Waals surface area contributed by atoms with Gasteiger partial charge < -0.3 is 53.7 Å². The fourth-order valence-corrected chi connectivity index (χ4v) is 4.69. The molecule has 18 nitrogen and oxygen atoms in total. The van der Waals surface area contributed by atoms with Crippen LogP contribution in [0.1, 0.15) is 50.8 Å². The lowest BCUT2D eigenvalue weighted by molar-refractivity contribution is -0.142. The number of hydrogen-bond donors (Lipinski definition) is 10. The number of amides is 4. The predicted molar refractivity (Wildman–Crippen MR) is 177 cm³/mol. The summed E-state index contributed by atoms with van der Waals surface area (Å²) in [4.78, 5) is 87.0. The Morgan fingerprint density at radius 3 is 2.00 bits per heavy atom. The molecule has 13 N–H and O–H groups in total. The summed E-state index contributed by atoms with van der Waals surface area (Å²) in [5.74, 6) is -6.40. The number of aliphatic carboxylic acids is 2. The molecule has 49 heavy (non-hydrogen) atoms. The quantitative estimate of drug-likeness (QED) is 0.0392. The maximum absolute atomic E-state index is 13.5. The molecule has 0 bridgehead atoms. The van der Waals surface area contributed by atoms with E-state index in [4.69, 9.17) is 17.2 Å². The van der Waals surface area contributed by atoms with Crippen molar-refractivity contribution >= 4 is 41.5 Å². The highest BCUT2D eigenvalue weighted by atomic mass is 16.4. The number of nitrogens with zero attached hydrogens (tertiary/aromatic N) is 2. The summed E-state index contributed by atoms with van der Waals surface area (Å²) >= 11 is 0. The number of imidazole rings is 1. The Kier molecular flexibility index (Phi) is 16.2. The molecule has 2 rings (SSSR count). The van der Waals surface area contributed by atoms with Crippen LogP contribution in [0.4, 0.5) is 0 Å². The van der Waals surface area contributed by atoms with Gasteiger partial charge in [-0.1, -0.05) is 44.2 Å². The SMILES string of the molecule is CC(C)[C@H](NC(=O)[C@@H](N)Cc1ccccc1)C(=O)N[C@@H](CCC(=O)O)C(=O)N[C@@H](CCCN=C(N)N)C(=O)N[C@@H](Cc1cnc[nH]1)C(=O)O. The van der Waals surface area contributed by atoms with Crippen molar-refractivity contribution < 1.29 is 39.0 Å². The molecule has 4 amide bonds. The molecule has 5 atom stereocenters. The van der Waals surface area contributed by atoms with E-state index in [9.17, 15) is 39.0 Å². The number of carboxylic acid groups (broad SMARTS) is 2. The minimum atomic E-state index is -1.45. The van der Waals surface area contributed by atoms with Gasteiger partial charge in [0.05, 0.1) is 12.4 Å². The number of rotatable bonds is 21. The molecule has 0 aliphatic rings. The Balaban J connectivity index is 2.22. The topological polar surface area (TPSA) is 310 Å². The Hall–Kier alpha value is -5.52. The Labute approximate surface area is 283 Å². The van der Waals surface area contributed by atoms with E-state index in [0.717, 1.165) is 5.56 Å². The Bertz CT molecular complexity index is 1430. The van der Waals surface area contributed by atoms with Gasteiger partial charge in [0.25, 0.3) is 0 Å². The van der Waals surface area contributed by atoms with E-state index in [-0.39, 0.29) is 44.6 Å². The largest absolute Gasteiger partial charge is 0.481 e. The fourth-order valence-electron chi connectivity index (χ4n) is 4.69. The average molecular weight is 687 g/mol. The number of nitrogens with two attached hydrogens (primary N) is 3. The maximum atomic E-state index is 13.5. The van der Waals surface area contributed by atoms with Crippen molar-refractivity contribution in [2.45, 2.75) is 82.6 Å². The number of carbonyl (C=O) groups excluding carboxylic acids is 4. The third kappa shape index (κ3) is 14.4. The highest BCUT2D eigenvalue weighted by molar-refractivity contribution is 5.95. The first-order valence-corrected chi connectivity index (χ1v) is 15.7. The van der Waals surface area contributed by atoms with E-state index in [2.05, 4.69) is 36.2 Å². The monoisotopic (exact) mass is 686 g/mol. The van der Waals surface area contributed by atoms with Gasteiger partial charge in [-0.2, -0.15) is 0 Å². The van der Waals surface area contributed by atoms with Crippen LogP contribution < -0.4 is 38.5 Å². The van der Waals surface area contributed by atoms with Crippen LogP contribution in [0.5, 0.6) is 0 Å². The van der Waals surface area contributed by atoms with Crippen molar-refractivity contribution in [1.29, 1.82) is 0 Å². The molecule has 18 heteroatoms. The van der Waals surface area contributed by atoms with Crippen LogP contribution in [0.2, 0.25) is 0 Å². The van der Waals surface area contributed by atoms with E-state index in [1.807, 2.05) is 6.07 Å².